The minimum Gasteiger partial charge on any atom is -0.378 e. The zero-order valence-electron chi connectivity index (χ0n) is 11.7. The number of hydrogen-bond donors (Lipinski definition) is 1. The van der Waals surface area contributed by atoms with E-state index in [4.69, 9.17) is 4.74 Å². The molecule has 0 aromatic heterocycles. The molecule has 0 bridgehead atoms. The third-order valence-corrected chi connectivity index (χ3v) is 4.09. The molecule has 1 N–H and O–H groups in total. The molecular weight excluding hydrogens is 238 g/mol. The van der Waals surface area contributed by atoms with Crippen LogP contribution >= 0.6 is 0 Å². The maximum Gasteiger partial charge on any atom is 0.0642 e. The standard InChI is InChI=1S/C15H23N3O/c1-13-14(17-7-5-16-6-8-17)3-2-4-15(13)18-9-11-19-12-10-18/h2-4,16H,5-12H2,1H3. The van der Waals surface area contributed by atoms with Crippen molar-refractivity contribution in [3.05, 3.63) is 23.8 Å². The molecule has 0 unspecified atom stereocenters. The zero-order chi connectivity index (χ0) is 13.1. The molecule has 3 rings (SSSR count). The van der Waals surface area contributed by atoms with Crippen molar-refractivity contribution in [1.82, 2.24) is 5.32 Å². The summed E-state index contributed by atoms with van der Waals surface area (Å²) >= 11 is 0. The first-order valence-corrected chi connectivity index (χ1v) is 7.24. The van der Waals surface area contributed by atoms with Gasteiger partial charge in [-0.25, -0.2) is 0 Å². The van der Waals surface area contributed by atoms with Crippen molar-refractivity contribution in [3.8, 4) is 0 Å². The zero-order valence-corrected chi connectivity index (χ0v) is 11.7. The molecule has 104 valence electrons. The van der Waals surface area contributed by atoms with Crippen molar-refractivity contribution in [2.45, 2.75) is 6.92 Å². The lowest BCUT2D eigenvalue weighted by Gasteiger charge is -2.34. The van der Waals surface area contributed by atoms with Crippen LogP contribution in [-0.4, -0.2) is 52.5 Å². The maximum absolute atomic E-state index is 5.45. The van der Waals surface area contributed by atoms with Crippen LogP contribution in [-0.2, 0) is 4.74 Å². The average Bonchev–Trinajstić information content (AvgIpc) is 2.49. The molecule has 4 heteroatoms. The number of nitrogens with one attached hydrogen (secondary N) is 1. The van der Waals surface area contributed by atoms with Gasteiger partial charge in [0, 0.05) is 50.6 Å². The number of hydrogen-bond acceptors (Lipinski definition) is 4. The summed E-state index contributed by atoms with van der Waals surface area (Å²) in [5.41, 5.74) is 4.18. The van der Waals surface area contributed by atoms with Gasteiger partial charge in [-0.3, -0.25) is 0 Å². The Balaban J connectivity index is 1.84. The Morgan fingerprint density at radius 2 is 1.53 bits per heavy atom. The highest BCUT2D eigenvalue weighted by Gasteiger charge is 2.18. The van der Waals surface area contributed by atoms with Gasteiger partial charge in [0.05, 0.1) is 13.2 Å². The molecule has 0 atom stereocenters. The molecule has 1 aromatic carbocycles. The molecule has 2 aliphatic rings. The number of piperazine rings is 1. The first kappa shape index (κ1) is 12.8. The number of morpholine rings is 1. The summed E-state index contributed by atoms with van der Waals surface area (Å²) < 4.78 is 5.45. The number of nitrogens with zero attached hydrogens (tertiary/aromatic N) is 2. The number of rotatable bonds is 2. The van der Waals surface area contributed by atoms with Crippen LogP contribution < -0.4 is 15.1 Å². The predicted molar refractivity (Wildman–Crippen MR) is 79.3 cm³/mol. The Morgan fingerprint density at radius 3 is 2.16 bits per heavy atom. The van der Waals surface area contributed by atoms with Crippen molar-refractivity contribution in [1.29, 1.82) is 0 Å². The minimum absolute atomic E-state index is 0.845. The fraction of sp³-hybridized carbons (Fsp3) is 0.600. The lowest BCUT2D eigenvalue weighted by atomic mass is 10.1. The molecule has 0 spiro atoms. The van der Waals surface area contributed by atoms with Gasteiger partial charge >= 0.3 is 0 Å². The Hall–Kier alpha value is -1.26. The molecule has 0 aliphatic carbocycles. The van der Waals surface area contributed by atoms with Crippen LogP contribution in [0.15, 0.2) is 18.2 Å². The molecule has 2 saturated heterocycles. The lowest BCUT2D eigenvalue weighted by Crippen LogP contribution is -2.44. The summed E-state index contributed by atoms with van der Waals surface area (Å²) in [5.74, 6) is 0. The van der Waals surface area contributed by atoms with Gasteiger partial charge in [-0.1, -0.05) is 6.07 Å². The first-order valence-electron chi connectivity index (χ1n) is 7.24. The predicted octanol–water partition coefficient (Wildman–Crippen LogP) is 1.24. The highest BCUT2D eigenvalue weighted by Crippen LogP contribution is 2.30. The second kappa shape index (κ2) is 5.80. The topological polar surface area (TPSA) is 27.7 Å². The van der Waals surface area contributed by atoms with Crippen LogP contribution in [0.4, 0.5) is 11.4 Å². The van der Waals surface area contributed by atoms with Gasteiger partial charge in [-0.05, 0) is 24.6 Å². The molecular formula is C15H23N3O. The van der Waals surface area contributed by atoms with Crippen molar-refractivity contribution >= 4 is 11.4 Å². The van der Waals surface area contributed by atoms with Crippen molar-refractivity contribution in [3.63, 3.8) is 0 Å². The fourth-order valence-electron chi connectivity index (χ4n) is 3.01. The van der Waals surface area contributed by atoms with Gasteiger partial charge in [0.25, 0.3) is 0 Å². The molecule has 1 aromatic rings. The SMILES string of the molecule is Cc1c(N2CCNCC2)cccc1N1CCOCC1. The van der Waals surface area contributed by atoms with Gasteiger partial charge in [0.2, 0.25) is 0 Å². The Bertz CT molecular complexity index is 387. The molecule has 0 amide bonds. The largest absolute Gasteiger partial charge is 0.378 e. The van der Waals surface area contributed by atoms with Crippen LogP contribution in [0.1, 0.15) is 5.56 Å². The van der Waals surface area contributed by atoms with Gasteiger partial charge in [0.15, 0.2) is 0 Å². The van der Waals surface area contributed by atoms with E-state index in [-0.39, 0.29) is 0 Å². The molecule has 2 heterocycles. The molecule has 2 fully saturated rings. The van der Waals surface area contributed by atoms with Crippen LogP contribution in [0.25, 0.3) is 0 Å². The van der Waals surface area contributed by atoms with Crippen LogP contribution in [0.5, 0.6) is 0 Å². The minimum atomic E-state index is 0.845. The summed E-state index contributed by atoms with van der Waals surface area (Å²) in [6.45, 7) is 10.3. The number of anilines is 2. The van der Waals surface area contributed by atoms with E-state index in [1.165, 1.54) is 16.9 Å². The van der Waals surface area contributed by atoms with E-state index in [0.717, 1.165) is 52.5 Å². The van der Waals surface area contributed by atoms with E-state index in [9.17, 15) is 0 Å². The normalized spacial score (nSPS) is 20.7. The fourth-order valence-corrected chi connectivity index (χ4v) is 3.01. The van der Waals surface area contributed by atoms with E-state index in [1.54, 1.807) is 0 Å². The monoisotopic (exact) mass is 261 g/mol. The summed E-state index contributed by atoms with van der Waals surface area (Å²) in [5, 5.41) is 3.41. The molecule has 2 aliphatic heterocycles. The van der Waals surface area contributed by atoms with Crippen molar-refractivity contribution in [2.75, 3.05) is 62.3 Å². The number of benzene rings is 1. The van der Waals surface area contributed by atoms with E-state index in [0.29, 0.717) is 0 Å². The smallest absolute Gasteiger partial charge is 0.0642 e. The van der Waals surface area contributed by atoms with Gasteiger partial charge in [0.1, 0.15) is 0 Å². The van der Waals surface area contributed by atoms with Gasteiger partial charge in [-0.15, -0.1) is 0 Å². The lowest BCUT2D eigenvalue weighted by molar-refractivity contribution is 0.122. The van der Waals surface area contributed by atoms with E-state index in [2.05, 4.69) is 40.2 Å². The van der Waals surface area contributed by atoms with Crippen LogP contribution in [0.2, 0.25) is 0 Å². The quantitative estimate of drug-likeness (QED) is 0.867. The van der Waals surface area contributed by atoms with E-state index in [1.807, 2.05) is 0 Å². The second-order valence-electron chi connectivity index (χ2n) is 5.26. The summed E-state index contributed by atoms with van der Waals surface area (Å²) in [6, 6.07) is 6.69. The summed E-state index contributed by atoms with van der Waals surface area (Å²) in [7, 11) is 0. The maximum atomic E-state index is 5.45. The first-order chi connectivity index (χ1) is 9.36. The highest BCUT2D eigenvalue weighted by atomic mass is 16.5. The summed E-state index contributed by atoms with van der Waals surface area (Å²) in [6.07, 6.45) is 0. The third kappa shape index (κ3) is 2.69. The van der Waals surface area contributed by atoms with Crippen molar-refractivity contribution < 1.29 is 4.74 Å². The molecule has 0 radical (unpaired) electrons. The summed E-state index contributed by atoms with van der Waals surface area (Å²) in [4.78, 5) is 4.94. The second-order valence-corrected chi connectivity index (χ2v) is 5.26. The highest BCUT2D eigenvalue weighted by molar-refractivity contribution is 5.67. The Labute approximate surface area is 115 Å². The third-order valence-electron chi connectivity index (χ3n) is 4.09. The molecule has 0 saturated carbocycles. The molecule has 19 heavy (non-hydrogen) atoms. The van der Waals surface area contributed by atoms with Crippen LogP contribution in [0, 0.1) is 6.92 Å². The average molecular weight is 261 g/mol. The Kier molecular flexibility index (Phi) is 3.89. The van der Waals surface area contributed by atoms with Crippen molar-refractivity contribution in [2.24, 2.45) is 0 Å². The van der Waals surface area contributed by atoms with Gasteiger partial charge in [-0.2, -0.15) is 0 Å². The van der Waals surface area contributed by atoms with Gasteiger partial charge < -0.3 is 19.9 Å². The molecule has 4 nitrogen and oxygen atoms in total. The van der Waals surface area contributed by atoms with E-state index < -0.39 is 0 Å². The van der Waals surface area contributed by atoms with E-state index >= 15 is 0 Å². The Morgan fingerprint density at radius 1 is 0.947 bits per heavy atom. The number of ether oxygens (including phenoxy) is 1. The van der Waals surface area contributed by atoms with Crippen LogP contribution in [0.3, 0.4) is 0 Å².